The van der Waals surface area contributed by atoms with Gasteiger partial charge in [0.2, 0.25) is 5.82 Å². The average Bonchev–Trinajstić information content (AvgIpc) is 2.78. The van der Waals surface area contributed by atoms with Gasteiger partial charge >= 0.3 is 11.6 Å². The normalized spacial score (nSPS) is 10.5. The molecule has 0 spiro atoms. The molecular formula is C20H13BrN6O4. The molecule has 154 valence electrons. The van der Waals surface area contributed by atoms with Crippen molar-refractivity contribution in [3.8, 4) is 11.6 Å². The Morgan fingerprint density at radius 2 is 1.81 bits per heavy atom. The van der Waals surface area contributed by atoms with Crippen molar-refractivity contribution in [2.24, 2.45) is 0 Å². The van der Waals surface area contributed by atoms with Crippen molar-refractivity contribution in [1.29, 1.82) is 0 Å². The zero-order valence-electron chi connectivity index (χ0n) is 15.7. The SMILES string of the molecule is O=C(NNc1ncnc(Oc2cccc3cccnc23)c1[N+](=O)[O-])c1ccc(Br)cc1. The largest absolute Gasteiger partial charge is 0.431 e. The van der Waals surface area contributed by atoms with Crippen molar-refractivity contribution in [3.63, 3.8) is 0 Å². The van der Waals surface area contributed by atoms with Gasteiger partial charge in [-0.1, -0.05) is 34.1 Å². The van der Waals surface area contributed by atoms with Crippen LogP contribution >= 0.6 is 15.9 Å². The maximum atomic E-state index is 12.3. The first-order chi connectivity index (χ1) is 15.0. The summed E-state index contributed by atoms with van der Waals surface area (Å²) in [6, 6.07) is 15.4. The van der Waals surface area contributed by atoms with E-state index in [2.05, 4.69) is 41.7 Å². The minimum Gasteiger partial charge on any atom is -0.431 e. The summed E-state index contributed by atoms with van der Waals surface area (Å²) in [5, 5.41) is 12.5. The highest BCUT2D eigenvalue weighted by atomic mass is 79.9. The monoisotopic (exact) mass is 480 g/mol. The van der Waals surface area contributed by atoms with E-state index >= 15 is 0 Å². The van der Waals surface area contributed by atoms with Gasteiger partial charge in [0.15, 0.2) is 5.75 Å². The Morgan fingerprint density at radius 1 is 1.03 bits per heavy atom. The number of hydrogen-bond donors (Lipinski definition) is 2. The minimum atomic E-state index is -0.692. The molecule has 0 radical (unpaired) electrons. The van der Waals surface area contributed by atoms with Gasteiger partial charge in [-0.15, -0.1) is 0 Å². The Hall–Kier alpha value is -4.12. The van der Waals surface area contributed by atoms with Crippen LogP contribution in [0.25, 0.3) is 10.9 Å². The van der Waals surface area contributed by atoms with E-state index in [0.29, 0.717) is 16.8 Å². The van der Waals surface area contributed by atoms with Gasteiger partial charge in [-0.05, 0) is 36.4 Å². The molecule has 0 aliphatic rings. The molecule has 4 rings (SSSR count). The number of anilines is 1. The molecule has 0 aliphatic carbocycles. The Balaban J connectivity index is 1.61. The Morgan fingerprint density at radius 3 is 2.58 bits per heavy atom. The van der Waals surface area contributed by atoms with Gasteiger partial charge < -0.3 is 4.74 Å². The highest BCUT2D eigenvalue weighted by Crippen LogP contribution is 2.35. The van der Waals surface area contributed by atoms with E-state index in [9.17, 15) is 14.9 Å². The number of para-hydroxylation sites is 1. The molecule has 0 saturated carbocycles. The van der Waals surface area contributed by atoms with Crippen LogP contribution in [0.3, 0.4) is 0 Å². The number of halogens is 1. The smallest absolute Gasteiger partial charge is 0.374 e. The first kappa shape index (κ1) is 20.2. The number of benzene rings is 2. The summed E-state index contributed by atoms with van der Waals surface area (Å²) in [6.45, 7) is 0. The molecule has 10 nitrogen and oxygen atoms in total. The van der Waals surface area contributed by atoms with Crippen LogP contribution in [0.5, 0.6) is 11.6 Å². The number of rotatable bonds is 6. The maximum Gasteiger partial charge on any atom is 0.374 e. The van der Waals surface area contributed by atoms with Crippen LogP contribution < -0.4 is 15.6 Å². The molecule has 0 saturated heterocycles. The zero-order chi connectivity index (χ0) is 21.8. The lowest BCUT2D eigenvalue weighted by Crippen LogP contribution is -2.30. The summed E-state index contributed by atoms with van der Waals surface area (Å²) < 4.78 is 6.53. The maximum absolute atomic E-state index is 12.3. The number of aromatic nitrogens is 3. The molecule has 2 aromatic carbocycles. The second-order valence-corrected chi connectivity index (χ2v) is 7.07. The fourth-order valence-corrected chi connectivity index (χ4v) is 3.01. The molecule has 2 N–H and O–H groups in total. The molecule has 11 heteroatoms. The molecule has 31 heavy (non-hydrogen) atoms. The predicted molar refractivity (Wildman–Crippen MR) is 116 cm³/mol. The van der Waals surface area contributed by atoms with Gasteiger partial charge in [-0.3, -0.25) is 30.7 Å². The molecule has 1 amide bonds. The van der Waals surface area contributed by atoms with Gasteiger partial charge in [0.1, 0.15) is 11.8 Å². The number of nitro groups is 1. The number of hydrogen-bond acceptors (Lipinski definition) is 8. The van der Waals surface area contributed by atoms with Crippen LogP contribution in [0.2, 0.25) is 0 Å². The third-order valence-corrected chi connectivity index (χ3v) is 4.70. The number of hydrazine groups is 1. The number of ether oxygens (including phenoxy) is 1. The molecule has 2 heterocycles. The topological polar surface area (TPSA) is 132 Å². The summed E-state index contributed by atoms with van der Waals surface area (Å²) >= 11 is 3.29. The molecular weight excluding hydrogens is 468 g/mol. The van der Waals surface area contributed by atoms with E-state index in [1.807, 2.05) is 12.1 Å². The molecule has 2 aromatic heterocycles. The first-order valence-electron chi connectivity index (χ1n) is 8.86. The van der Waals surface area contributed by atoms with Crippen LogP contribution in [0.15, 0.2) is 71.6 Å². The van der Waals surface area contributed by atoms with Gasteiger partial charge in [0.05, 0.1) is 4.92 Å². The minimum absolute atomic E-state index is 0.228. The predicted octanol–water partition coefficient (Wildman–Crippen LogP) is 4.24. The number of carbonyl (C=O) groups is 1. The van der Waals surface area contributed by atoms with Crippen LogP contribution in [0, 0.1) is 10.1 Å². The first-order valence-corrected chi connectivity index (χ1v) is 9.65. The van der Waals surface area contributed by atoms with Gasteiger partial charge in [-0.2, -0.15) is 4.98 Å². The van der Waals surface area contributed by atoms with E-state index in [1.165, 1.54) is 0 Å². The summed E-state index contributed by atoms with van der Waals surface area (Å²) in [7, 11) is 0. The number of nitrogens with one attached hydrogen (secondary N) is 2. The van der Waals surface area contributed by atoms with E-state index in [1.54, 1.807) is 48.7 Å². The second-order valence-electron chi connectivity index (χ2n) is 6.15. The standard InChI is InChI=1S/C20H13BrN6O4/c21-14-8-6-13(7-9-14)19(28)26-25-18-17(27(29)30)20(24-11-23-18)31-15-5-1-3-12-4-2-10-22-16(12)15/h1-11H,(H,26,28)(H,23,24,25). The highest BCUT2D eigenvalue weighted by molar-refractivity contribution is 9.10. The number of carbonyl (C=O) groups excluding carboxylic acids is 1. The van der Waals surface area contributed by atoms with Crippen molar-refractivity contribution in [2.75, 3.05) is 5.43 Å². The summed E-state index contributed by atoms with van der Waals surface area (Å²) in [5.74, 6) is -0.724. The van der Waals surface area contributed by atoms with Gasteiger partial charge in [0.25, 0.3) is 5.91 Å². The fraction of sp³-hybridized carbons (Fsp3) is 0. The molecule has 0 bridgehead atoms. The van der Waals surface area contributed by atoms with E-state index < -0.39 is 16.5 Å². The molecule has 0 unspecified atom stereocenters. The Bertz CT molecular complexity index is 1280. The van der Waals surface area contributed by atoms with Crippen LogP contribution in [-0.2, 0) is 0 Å². The Kier molecular flexibility index (Phi) is 5.67. The van der Waals surface area contributed by atoms with Crippen LogP contribution in [-0.4, -0.2) is 25.8 Å². The number of nitrogens with zero attached hydrogens (tertiary/aromatic N) is 4. The molecule has 0 fully saturated rings. The summed E-state index contributed by atoms with van der Waals surface area (Å²) in [4.78, 5) is 35.3. The summed E-state index contributed by atoms with van der Waals surface area (Å²) in [6.07, 6.45) is 2.68. The highest BCUT2D eigenvalue weighted by Gasteiger charge is 2.26. The molecule has 4 aromatic rings. The average molecular weight is 481 g/mol. The van der Waals surface area contributed by atoms with Gasteiger partial charge in [0, 0.05) is 21.6 Å². The van der Waals surface area contributed by atoms with E-state index in [-0.39, 0.29) is 11.7 Å². The number of fused-ring (bicyclic) bond motifs is 1. The van der Waals surface area contributed by atoms with Crippen molar-refractivity contribution < 1.29 is 14.5 Å². The third kappa shape index (κ3) is 4.41. The lowest BCUT2D eigenvalue weighted by Gasteiger charge is -2.11. The fourth-order valence-electron chi connectivity index (χ4n) is 2.75. The van der Waals surface area contributed by atoms with Crippen molar-refractivity contribution in [3.05, 3.63) is 87.3 Å². The third-order valence-electron chi connectivity index (χ3n) is 4.17. The number of amides is 1. The van der Waals surface area contributed by atoms with Crippen molar-refractivity contribution in [2.45, 2.75) is 0 Å². The lowest BCUT2D eigenvalue weighted by molar-refractivity contribution is -0.385. The zero-order valence-corrected chi connectivity index (χ0v) is 17.2. The lowest BCUT2D eigenvalue weighted by atomic mass is 10.2. The van der Waals surface area contributed by atoms with Crippen LogP contribution in [0.1, 0.15) is 10.4 Å². The van der Waals surface area contributed by atoms with Gasteiger partial charge in [-0.25, -0.2) is 4.98 Å². The van der Waals surface area contributed by atoms with Crippen LogP contribution in [0.4, 0.5) is 11.5 Å². The quantitative estimate of drug-likeness (QED) is 0.309. The molecule has 0 atom stereocenters. The second kappa shape index (κ2) is 8.71. The summed E-state index contributed by atoms with van der Waals surface area (Å²) in [5.41, 5.74) is 5.20. The van der Waals surface area contributed by atoms with Crippen molar-refractivity contribution >= 4 is 44.2 Å². The van der Waals surface area contributed by atoms with E-state index in [0.717, 1.165) is 16.2 Å². The van der Waals surface area contributed by atoms with E-state index in [4.69, 9.17) is 4.74 Å². The number of pyridine rings is 1. The Labute approximate surface area is 183 Å². The molecule has 0 aliphatic heterocycles. The van der Waals surface area contributed by atoms with Crippen molar-refractivity contribution in [1.82, 2.24) is 20.4 Å².